The average molecular weight is 1150 g/mol. The minimum Gasteiger partial charge on any atom is -0.478 e. The van der Waals surface area contributed by atoms with E-state index in [2.05, 4.69) is 9.80 Å². The molecule has 6 fully saturated rings. The molecule has 6 aliphatic heterocycles. The number of carbonyl (C=O) groups excluding carboxylic acids is 4. The second kappa shape index (κ2) is 31.3. The molecule has 0 saturated carbocycles. The maximum absolute atomic E-state index is 13.2. The first-order valence-corrected chi connectivity index (χ1v) is 27.3. The number of carbonyl (C=O) groups is 8. The summed E-state index contributed by atoms with van der Waals surface area (Å²) in [6, 6.07) is 31.5. The van der Waals surface area contributed by atoms with Crippen LogP contribution in [0.2, 0.25) is 0 Å². The number of hydrogen-bond acceptors (Lipinski definition) is 12. The molecule has 10 rings (SSSR count). The van der Waals surface area contributed by atoms with Crippen molar-refractivity contribution in [2.45, 2.75) is 101 Å². The number of carboxylic acids is 4. The standard InChI is InChI=1S/2C26H30FN3O3.2C4H4O4.H2O/c2*27-20-8-6-19(7-9-20)24-11-10-23(33-24)18-28-15-12-21(13-16-28)29-17-14-25(31)30(26(29)32)22-4-2-1-3-5-22;2*5-3(6)1-2-4(7)8;/h2*1-9,21,23-24H,10-18H2;2*1-2H,(H,5,6)(H,7,8);1H2. The number of nitrogens with zero attached hydrogens (tertiary/aromatic N) is 6. The Morgan fingerprint density at radius 2 is 0.759 bits per heavy atom. The molecular formula is C60H70F2N6O15. The molecule has 6 saturated heterocycles. The van der Waals surface area contributed by atoms with Crippen molar-refractivity contribution < 1.29 is 82.5 Å². The molecule has 21 nitrogen and oxygen atoms in total. The molecule has 0 bridgehead atoms. The maximum atomic E-state index is 13.2. The lowest BCUT2D eigenvalue weighted by molar-refractivity contribution is -0.134. The molecule has 23 heteroatoms. The van der Waals surface area contributed by atoms with E-state index >= 15 is 0 Å². The Bertz CT molecular complexity index is 2660. The number of piperidine rings is 2. The van der Waals surface area contributed by atoms with Crippen LogP contribution in [-0.4, -0.2) is 170 Å². The second-order valence-electron chi connectivity index (χ2n) is 20.4. The first-order valence-electron chi connectivity index (χ1n) is 27.3. The molecule has 0 radical (unpaired) electrons. The van der Waals surface area contributed by atoms with Crippen LogP contribution in [0.5, 0.6) is 0 Å². The Hall–Kier alpha value is -8.22. The van der Waals surface area contributed by atoms with Gasteiger partial charge in [0.25, 0.3) is 0 Å². The molecule has 4 aromatic rings. The van der Waals surface area contributed by atoms with Gasteiger partial charge in [0, 0.05) is 102 Å². The molecule has 0 spiro atoms. The SMILES string of the molecule is O.O=C(O)C=CC(=O)O.O=C(O)C=CC(=O)O.O=C1CCN(C2CCN(CC3CCC(c4ccc(F)cc4)O3)CC2)C(=O)N1c1ccccc1.O=C1CCN(C2CCN(CC3CCC(c4ccc(F)cc4)O3)CC2)C(=O)N1c1ccccc1. The summed E-state index contributed by atoms with van der Waals surface area (Å²) < 4.78 is 38.9. The molecule has 4 unspecified atom stereocenters. The lowest BCUT2D eigenvalue weighted by Gasteiger charge is -2.42. The number of halogens is 2. The average Bonchev–Trinajstić information content (AvgIpc) is 4.34. The van der Waals surface area contributed by atoms with E-state index in [1.165, 1.54) is 34.1 Å². The molecule has 83 heavy (non-hydrogen) atoms. The van der Waals surface area contributed by atoms with Crippen LogP contribution in [0.15, 0.2) is 133 Å². The lowest BCUT2D eigenvalue weighted by Crippen LogP contribution is -2.58. The summed E-state index contributed by atoms with van der Waals surface area (Å²) >= 11 is 0. The number of amides is 6. The molecule has 6 N–H and O–H groups in total. The summed E-state index contributed by atoms with van der Waals surface area (Å²) in [5, 5.41) is 31.2. The van der Waals surface area contributed by atoms with Gasteiger partial charge in [-0.3, -0.25) is 9.59 Å². The van der Waals surface area contributed by atoms with E-state index in [0.29, 0.717) is 61.6 Å². The van der Waals surface area contributed by atoms with Gasteiger partial charge in [0.15, 0.2) is 0 Å². The van der Waals surface area contributed by atoms with Crippen molar-refractivity contribution in [1.29, 1.82) is 0 Å². The fourth-order valence-corrected chi connectivity index (χ4v) is 10.9. The number of hydrogen-bond donors (Lipinski definition) is 4. The monoisotopic (exact) mass is 1150 g/mol. The third-order valence-electron chi connectivity index (χ3n) is 14.9. The highest BCUT2D eigenvalue weighted by molar-refractivity contribution is 6.16. The largest absolute Gasteiger partial charge is 0.478 e. The van der Waals surface area contributed by atoms with Crippen LogP contribution in [0.4, 0.5) is 29.7 Å². The maximum Gasteiger partial charge on any atom is 0.331 e. The van der Waals surface area contributed by atoms with Crippen molar-refractivity contribution in [1.82, 2.24) is 19.6 Å². The number of rotatable bonds is 14. The van der Waals surface area contributed by atoms with Gasteiger partial charge in [-0.25, -0.2) is 47.3 Å². The van der Waals surface area contributed by atoms with Crippen LogP contribution in [0.3, 0.4) is 0 Å². The van der Waals surface area contributed by atoms with Crippen LogP contribution >= 0.6 is 0 Å². The van der Waals surface area contributed by atoms with Crippen molar-refractivity contribution in [2.24, 2.45) is 0 Å². The minimum atomic E-state index is -1.26. The number of benzene rings is 4. The topological polar surface area (TPSA) is 287 Å². The Balaban J connectivity index is 0.000000210. The number of aliphatic carboxylic acids is 4. The van der Waals surface area contributed by atoms with Crippen molar-refractivity contribution in [3.05, 3.63) is 156 Å². The number of imide groups is 2. The smallest absolute Gasteiger partial charge is 0.331 e. The molecule has 4 atom stereocenters. The summed E-state index contributed by atoms with van der Waals surface area (Å²) in [6.07, 6.45) is 10.9. The van der Waals surface area contributed by atoms with E-state index < -0.39 is 23.9 Å². The fourth-order valence-electron chi connectivity index (χ4n) is 10.9. The van der Waals surface area contributed by atoms with Crippen molar-refractivity contribution >= 4 is 59.1 Å². The first-order chi connectivity index (χ1) is 39.4. The second-order valence-corrected chi connectivity index (χ2v) is 20.4. The van der Waals surface area contributed by atoms with Gasteiger partial charge < -0.3 is 55.0 Å². The van der Waals surface area contributed by atoms with Crippen molar-refractivity contribution in [3.63, 3.8) is 0 Å². The van der Waals surface area contributed by atoms with Crippen LogP contribution in [-0.2, 0) is 38.2 Å². The zero-order valence-corrected chi connectivity index (χ0v) is 45.7. The number of anilines is 2. The Kier molecular flexibility index (Phi) is 24.1. The number of ether oxygens (including phenoxy) is 2. The first kappa shape index (κ1) is 64.0. The van der Waals surface area contributed by atoms with Gasteiger partial charge in [-0.05, 0) is 111 Å². The normalized spacial score (nSPS) is 21.8. The Morgan fingerprint density at radius 1 is 0.446 bits per heavy atom. The van der Waals surface area contributed by atoms with E-state index in [-0.39, 0.29) is 77.5 Å². The molecule has 0 aliphatic carbocycles. The highest BCUT2D eigenvalue weighted by Crippen LogP contribution is 2.36. The minimum absolute atomic E-state index is 0. The van der Waals surface area contributed by atoms with Gasteiger partial charge in [-0.15, -0.1) is 0 Å². The van der Waals surface area contributed by atoms with Gasteiger partial charge in [0.2, 0.25) is 11.8 Å². The van der Waals surface area contributed by atoms with Gasteiger partial charge in [-0.1, -0.05) is 60.7 Å². The van der Waals surface area contributed by atoms with Gasteiger partial charge >= 0.3 is 35.9 Å². The van der Waals surface area contributed by atoms with E-state index in [1.54, 1.807) is 0 Å². The third kappa shape index (κ3) is 18.9. The predicted molar refractivity (Wildman–Crippen MR) is 299 cm³/mol. The Morgan fingerprint density at radius 3 is 1.06 bits per heavy atom. The van der Waals surface area contributed by atoms with E-state index in [4.69, 9.17) is 29.9 Å². The molecule has 6 aliphatic rings. The number of para-hydroxylation sites is 2. The van der Waals surface area contributed by atoms with Gasteiger partial charge in [-0.2, -0.15) is 0 Å². The molecular weight excluding hydrogens is 1080 g/mol. The van der Waals surface area contributed by atoms with E-state index in [0.717, 1.165) is 102 Å². The summed E-state index contributed by atoms with van der Waals surface area (Å²) in [4.78, 5) is 101. The zero-order chi connectivity index (χ0) is 58.7. The molecule has 6 heterocycles. The Labute approximate surface area is 478 Å². The summed E-state index contributed by atoms with van der Waals surface area (Å²) in [5.41, 5.74) is 3.37. The highest BCUT2D eigenvalue weighted by atomic mass is 19.1. The quantitative estimate of drug-likeness (QED) is 0.0899. The predicted octanol–water partition coefficient (Wildman–Crippen LogP) is 7.34. The zero-order valence-electron chi connectivity index (χ0n) is 45.7. The van der Waals surface area contributed by atoms with Crippen LogP contribution < -0.4 is 9.80 Å². The molecule has 0 aromatic heterocycles. The van der Waals surface area contributed by atoms with Crippen LogP contribution in [0.1, 0.15) is 87.5 Å². The summed E-state index contributed by atoms with van der Waals surface area (Å²) in [7, 11) is 0. The van der Waals surface area contributed by atoms with Crippen molar-refractivity contribution in [3.8, 4) is 0 Å². The highest BCUT2D eigenvalue weighted by Gasteiger charge is 2.40. The lowest BCUT2D eigenvalue weighted by atomic mass is 10.0. The van der Waals surface area contributed by atoms with Gasteiger partial charge in [0.05, 0.1) is 35.8 Å². The number of carboxylic acid groups (broad SMARTS) is 4. The van der Waals surface area contributed by atoms with Crippen LogP contribution in [0.25, 0.3) is 0 Å². The summed E-state index contributed by atoms with van der Waals surface area (Å²) in [5.74, 6) is -5.73. The summed E-state index contributed by atoms with van der Waals surface area (Å²) in [6.45, 7) is 6.40. The van der Waals surface area contributed by atoms with Crippen molar-refractivity contribution in [2.75, 3.05) is 62.2 Å². The molecule has 6 amide bonds. The molecule has 444 valence electrons. The van der Waals surface area contributed by atoms with Gasteiger partial charge in [0.1, 0.15) is 11.6 Å². The fraction of sp³-hybridized carbons (Fsp3) is 0.400. The number of likely N-dealkylation sites (tertiary alicyclic amines) is 2. The van der Waals surface area contributed by atoms with Crippen LogP contribution in [0, 0.1) is 11.6 Å². The third-order valence-corrected chi connectivity index (χ3v) is 14.9. The van der Waals surface area contributed by atoms with E-state index in [9.17, 15) is 47.1 Å². The number of urea groups is 2. The van der Waals surface area contributed by atoms with E-state index in [1.807, 2.05) is 94.7 Å². The molecule has 4 aromatic carbocycles.